The molecule has 112 valence electrons. The van der Waals surface area contributed by atoms with Crippen molar-refractivity contribution in [1.82, 2.24) is 15.2 Å². The van der Waals surface area contributed by atoms with Crippen molar-refractivity contribution < 1.29 is 14.3 Å². The van der Waals surface area contributed by atoms with E-state index in [4.69, 9.17) is 21.1 Å². The first-order chi connectivity index (χ1) is 10.1. The lowest BCUT2D eigenvalue weighted by molar-refractivity contribution is -0.122. The van der Waals surface area contributed by atoms with Crippen LogP contribution in [0.2, 0.25) is 5.02 Å². The molecule has 7 nitrogen and oxygen atoms in total. The molecule has 2 rings (SSSR count). The zero-order valence-electron chi connectivity index (χ0n) is 11.6. The molecule has 0 fully saturated rings. The third-order valence-electron chi connectivity index (χ3n) is 2.46. The van der Waals surface area contributed by atoms with Crippen LogP contribution in [0.4, 0.5) is 5.95 Å². The summed E-state index contributed by atoms with van der Waals surface area (Å²) in [5.74, 6) is 0.344. The van der Waals surface area contributed by atoms with Gasteiger partial charge in [0.15, 0.2) is 6.10 Å². The van der Waals surface area contributed by atoms with Gasteiger partial charge in [-0.3, -0.25) is 10.1 Å². The minimum Gasteiger partial charge on any atom is -0.481 e. The van der Waals surface area contributed by atoms with E-state index >= 15 is 0 Å². The van der Waals surface area contributed by atoms with Crippen LogP contribution in [0.15, 0.2) is 24.3 Å². The number of amides is 1. The van der Waals surface area contributed by atoms with Gasteiger partial charge < -0.3 is 9.47 Å². The summed E-state index contributed by atoms with van der Waals surface area (Å²) in [7, 11) is 0. The van der Waals surface area contributed by atoms with E-state index in [1.807, 2.05) is 6.92 Å². The van der Waals surface area contributed by atoms with E-state index in [-0.39, 0.29) is 17.9 Å². The number of hydrogen-bond acceptors (Lipinski definition) is 5. The number of carbonyl (C=O) groups excluding carboxylic acids is 1. The fourth-order valence-electron chi connectivity index (χ4n) is 1.51. The van der Waals surface area contributed by atoms with Gasteiger partial charge in [-0.1, -0.05) is 17.7 Å². The van der Waals surface area contributed by atoms with Crippen LogP contribution >= 0.6 is 11.6 Å². The van der Waals surface area contributed by atoms with Crippen molar-refractivity contribution in [2.24, 2.45) is 0 Å². The number of ether oxygens (including phenoxy) is 2. The number of halogens is 1. The van der Waals surface area contributed by atoms with E-state index < -0.39 is 6.10 Å². The van der Waals surface area contributed by atoms with Crippen LogP contribution in [0, 0.1) is 0 Å². The summed E-state index contributed by atoms with van der Waals surface area (Å²) in [6.07, 6.45) is -0.718. The molecule has 0 bridgehead atoms. The largest absolute Gasteiger partial charge is 0.481 e. The van der Waals surface area contributed by atoms with Crippen LogP contribution < -0.4 is 14.8 Å². The number of H-pyrrole nitrogens is 1. The van der Waals surface area contributed by atoms with Crippen molar-refractivity contribution in [2.75, 3.05) is 11.9 Å². The molecule has 0 saturated heterocycles. The molecule has 0 aliphatic carbocycles. The maximum Gasteiger partial charge on any atom is 0.337 e. The summed E-state index contributed by atoms with van der Waals surface area (Å²) in [6.45, 7) is 3.88. The van der Waals surface area contributed by atoms with E-state index in [9.17, 15) is 4.79 Å². The zero-order chi connectivity index (χ0) is 15.2. The third kappa shape index (κ3) is 4.35. The molecule has 2 N–H and O–H groups in total. The van der Waals surface area contributed by atoms with E-state index in [2.05, 4.69) is 20.5 Å². The summed E-state index contributed by atoms with van der Waals surface area (Å²) in [6, 6.07) is 7.00. The van der Waals surface area contributed by atoms with Crippen LogP contribution in [-0.2, 0) is 4.79 Å². The molecular formula is C13H15ClN4O3. The molecular weight excluding hydrogens is 296 g/mol. The van der Waals surface area contributed by atoms with Gasteiger partial charge in [0, 0.05) is 5.02 Å². The number of rotatable bonds is 6. The van der Waals surface area contributed by atoms with Crippen molar-refractivity contribution in [2.45, 2.75) is 20.0 Å². The highest BCUT2D eigenvalue weighted by Crippen LogP contribution is 2.18. The SMILES string of the molecule is CCOc1n[nH]c(NC(=O)C(C)Oc2cccc(Cl)c2)n1. The number of nitrogens with one attached hydrogen (secondary N) is 2. The predicted molar refractivity (Wildman–Crippen MR) is 77.7 cm³/mol. The number of anilines is 1. The average Bonchev–Trinajstić information content (AvgIpc) is 2.86. The average molecular weight is 311 g/mol. The standard InChI is InChI=1S/C13H15ClN4O3/c1-3-20-13-16-12(17-18-13)15-11(19)8(2)21-10-6-4-5-9(14)7-10/h4-8H,3H2,1-2H3,(H2,15,16,17,18,19). The van der Waals surface area contributed by atoms with E-state index in [0.717, 1.165) is 0 Å². The van der Waals surface area contributed by atoms with Crippen LogP contribution in [0.3, 0.4) is 0 Å². The topological polar surface area (TPSA) is 89.1 Å². The second-order valence-corrected chi connectivity index (χ2v) is 4.54. The van der Waals surface area contributed by atoms with E-state index in [0.29, 0.717) is 17.4 Å². The van der Waals surface area contributed by atoms with Crippen molar-refractivity contribution in [3.63, 3.8) is 0 Å². The molecule has 0 aliphatic rings. The molecule has 1 aromatic carbocycles. The van der Waals surface area contributed by atoms with Gasteiger partial charge in [0.25, 0.3) is 5.91 Å². The molecule has 1 heterocycles. The minimum absolute atomic E-state index is 0.177. The monoisotopic (exact) mass is 310 g/mol. The first kappa shape index (κ1) is 15.1. The van der Waals surface area contributed by atoms with Crippen molar-refractivity contribution in [3.05, 3.63) is 29.3 Å². The Morgan fingerprint density at radius 2 is 2.33 bits per heavy atom. The highest BCUT2D eigenvalue weighted by molar-refractivity contribution is 6.30. The van der Waals surface area contributed by atoms with Crippen LogP contribution in [0.25, 0.3) is 0 Å². The number of aromatic nitrogens is 3. The molecule has 0 radical (unpaired) electrons. The molecule has 1 atom stereocenters. The normalized spacial score (nSPS) is 11.8. The molecule has 21 heavy (non-hydrogen) atoms. The maximum absolute atomic E-state index is 12.0. The molecule has 8 heteroatoms. The molecule has 0 spiro atoms. The van der Waals surface area contributed by atoms with Gasteiger partial charge in [-0.2, -0.15) is 4.98 Å². The van der Waals surface area contributed by atoms with Crippen molar-refractivity contribution in [3.8, 4) is 11.8 Å². The number of nitrogens with zero attached hydrogens (tertiary/aromatic N) is 2. The summed E-state index contributed by atoms with van der Waals surface area (Å²) in [5, 5.41) is 9.43. The minimum atomic E-state index is -0.718. The fourth-order valence-corrected chi connectivity index (χ4v) is 1.69. The lowest BCUT2D eigenvalue weighted by Gasteiger charge is -2.13. The predicted octanol–water partition coefficient (Wildman–Crippen LogP) is 2.26. The van der Waals surface area contributed by atoms with Gasteiger partial charge in [0.2, 0.25) is 5.95 Å². The molecule has 1 unspecified atom stereocenters. The van der Waals surface area contributed by atoms with Gasteiger partial charge in [-0.25, -0.2) is 5.10 Å². The summed E-state index contributed by atoms with van der Waals surface area (Å²) in [4.78, 5) is 15.9. The highest BCUT2D eigenvalue weighted by Gasteiger charge is 2.17. The lowest BCUT2D eigenvalue weighted by atomic mass is 10.3. The molecule has 2 aromatic rings. The molecule has 0 aliphatic heterocycles. The first-order valence-corrected chi connectivity index (χ1v) is 6.74. The smallest absolute Gasteiger partial charge is 0.337 e. The molecule has 1 aromatic heterocycles. The Balaban J connectivity index is 1.92. The first-order valence-electron chi connectivity index (χ1n) is 6.36. The number of aromatic amines is 1. The van der Waals surface area contributed by atoms with Gasteiger partial charge in [0.05, 0.1) is 6.61 Å². The number of hydrogen-bond donors (Lipinski definition) is 2. The summed E-state index contributed by atoms with van der Waals surface area (Å²) >= 11 is 5.85. The van der Waals surface area contributed by atoms with Gasteiger partial charge in [-0.15, -0.1) is 5.10 Å². The number of benzene rings is 1. The zero-order valence-corrected chi connectivity index (χ0v) is 12.3. The Morgan fingerprint density at radius 3 is 3.05 bits per heavy atom. The molecule has 1 amide bonds. The summed E-state index contributed by atoms with van der Waals surface area (Å²) in [5.41, 5.74) is 0. The number of carbonyl (C=O) groups is 1. The van der Waals surface area contributed by atoms with Crippen LogP contribution in [0.1, 0.15) is 13.8 Å². The van der Waals surface area contributed by atoms with Gasteiger partial charge in [0.1, 0.15) is 5.75 Å². The Kier molecular flexibility index (Phi) is 4.99. The summed E-state index contributed by atoms with van der Waals surface area (Å²) < 4.78 is 10.6. The Bertz CT molecular complexity index is 617. The van der Waals surface area contributed by atoms with Crippen LogP contribution in [0.5, 0.6) is 11.8 Å². The van der Waals surface area contributed by atoms with Crippen molar-refractivity contribution >= 4 is 23.5 Å². The van der Waals surface area contributed by atoms with Gasteiger partial charge >= 0.3 is 6.01 Å². The van der Waals surface area contributed by atoms with Crippen molar-refractivity contribution in [1.29, 1.82) is 0 Å². The molecule has 0 saturated carbocycles. The quantitative estimate of drug-likeness (QED) is 0.854. The Hall–Kier alpha value is -2.28. The lowest BCUT2D eigenvalue weighted by Crippen LogP contribution is -2.30. The Morgan fingerprint density at radius 1 is 1.52 bits per heavy atom. The Labute approximate surface area is 126 Å². The van der Waals surface area contributed by atoms with Crippen LogP contribution in [-0.4, -0.2) is 33.8 Å². The van der Waals surface area contributed by atoms with E-state index in [1.54, 1.807) is 31.2 Å². The second-order valence-electron chi connectivity index (χ2n) is 4.11. The second kappa shape index (κ2) is 6.94. The third-order valence-corrected chi connectivity index (χ3v) is 2.69. The van der Waals surface area contributed by atoms with Gasteiger partial charge in [-0.05, 0) is 32.0 Å². The maximum atomic E-state index is 12.0. The fraction of sp³-hybridized carbons (Fsp3) is 0.308. The highest BCUT2D eigenvalue weighted by atomic mass is 35.5. The van der Waals surface area contributed by atoms with E-state index in [1.165, 1.54) is 0 Å².